The van der Waals surface area contributed by atoms with E-state index in [9.17, 15) is 0 Å². The van der Waals surface area contributed by atoms with E-state index in [2.05, 4.69) is 200 Å². The van der Waals surface area contributed by atoms with Crippen molar-refractivity contribution >= 4 is 29.0 Å². The molecule has 0 saturated heterocycles. The number of hydrogen-bond acceptors (Lipinski definition) is 0. The van der Waals surface area contributed by atoms with E-state index in [0.29, 0.717) is 11.8 Å². The van der Waals surface area contributed by atoms with Crippen LogP contribution in [0.1, 0.15) is 144 Å². The first kappa shape index (κ1) is 52.7. The zero-order valence-electron chi connectivity index (χ0n) is 37.0. The third-order valence-electron chi connectivity index (χ3n) is 9.56. The van der Waals surface area contributed by atoms with Gasteiger partial charge in [-0.05, 0) is 39.2 Å². The predicted molar refractivity (Wildman–Crippen MR) is 245 cm³/mol. The third-order valence-corrected chi connectivity index (χ3v) is 9.56. The second-order valence-corrected chi connectivity index (χ2v) is 18.7. The van der Waals surface area contributed by atoms with Crippen LogP contribution in [0.3, 0.4) is 0 Å². The number of benzene rings is 4. The molecule has 300 valence electrons. The third kappa shape index (κ3) is 16.6. The average Bonchev–Trinajstić information content (AvgIpc) is 3.63. The maximum atomic E-state index is 3.67. The summed E-state index contributed by atoms with van der Waals surface area (Å²) in [6.45, 7) is 35.7. The molecule has 0 N–H and O–H groups in total. The van der Waals surface area contributed by atoms with Gasteiger partial charge in [0.2, 0.25) is 0 Å². The van der Waals surface area contributed by atoms with Crippen LogP contribution in [0.4, 0.5) is 0 Å². The number of allylic oxidation sites excluding steroid dienone is 4. The summed E-state index contributed by atoms with van der Waals surface area (Å²) in [5, 5.41) is 0. The molecule has 0 nitrogen and oxygen atoms in total. The Hall–Kier alpha value is -2.31. The fourth-order valence-electron chi connectivity index (χ4n) is 6.29. The number of fused-ring (bicyclic) bond motifs is 3. The molecule has 4 aromatic carbocycles. The van der Waals surface area contributed by atoms with Gasteiger partial charge in [-0.15, -0.1) is 35.9 Å². The van der Waals surface area contributed by atoms with Crippen molar-refractivity contribution in [3.8, 4) is 11.1 Å². The standard InChI is InChI=1S/C21H25.C10H15.2C10H13.CH2.2ClH.Zr/c1-20(2,3)16-7-9-18-14(12-16)11-15-13-17(21(4,5)6)8-10-19(15)18;1-7(2)10-6-8(3)5-9(10)4;2*1-10(2,3)9-7-5-4-6-8-9;;;;/h7-10,12H,11H2,1-6H3;6-8H,1-4H3;2*5-8H,1-3H3;1H2;2*1H;/q4*-1;;;;. The Morgan fingerprint density at radius 2 is 1.05 bits per heavy atom. The number of rotatable bonds is 1. The second-order valence-electron chi connectivity index (χ2n) is 18.7. The van der Waals surface area contributed by atoms with Gasteiger partial charge in [-0.2, -0.15) is 107 Å². The fourth-order valence-corrected chi connectivity index (χ4v) is 6.29. The van der Waals surface area contributed by atoms with Gasteiger partial charge in [0, 0.05) is 0 Å². The van der Waals surface area contributed by atoms with Crippen LogP contribution in [0.2, 0.25) is 0 Å². The van der Waals surface area contributed by atoms with Crippen molar-refractivity contribution in [2.45, 2.75) is 139 Å². The van der Waals surface area contributed by atoms with E-state index < -0.39 is 0 Å². The Morgan fingerprint density at radius 3 is 1.38 bits per heavy atom. The van der Waals surface area contributed by atoms with Gasteiger partial charge in [0.25, 0.3) is 0 Å². The molecule has 0 spiro atoms. The van der Waals surface area contributed by atoms with Crippen LogP contribution in [-0.4, -0.2) is 4.21 Å². The minimum absolute atomic E-state index is 0. The molecule has 0 heterocycles. The Bertz CT molecular complexity index is 1670. The summed E-state index contributed by atoms with van der Waals surface area (Å²) in [5.74, 6) is 1.20. The van der Waals surface area contributed by atoms with Gasteiger partial charge < -0.3 is 0 Å². The topological polar surface area (TPSA) is 0 Å². The molecular formula is C52H70Cl2Zr-4. The van der Waals surface area contributed by atoms with Crippen LogP contribution in [-0.2, 0) is 52.3 Å². The first-order valence-corrected chi connectivity index (χ1v) is 21.0. The van der Waals surface area contributed by atoms with Gasteiger partial charge >= 0.3 is 28.4 Å². The zero-order valence-corrected chi connectivity index (χ0v) is 41.1. The molecule has 6 rings (SSSR count). The summed E-state index contributed by atoms with van der Waals surface area (Å²) in [4.78, 5) is 0. The first-order chi connectivity index (χ1) is 24.5. The van der Waals surface area contributed by atoms with Gasteiger partial charge in [-0.1, -0.05) is 146 Å². The molecule has 3 heteroatoms. The fraction of sp³-hybridized carbons (Fsp3) is 0.442. The van der Waals surface area contributed by atoms with Crippen molar-refractivity contribution in [3.63, 3.8) is 0 Å². The molecule has 0 bridgehead atoms. The summed E-state index contributed by atoms with van der Waals surface area (Å²) in [6.07, 6.45) is 6.70. The summed E-state index contributed by atoms with van der Waals surface area (Å²) in [7, 11) is 0. The summed E-state index contributed by atoms with van der Waals surface area (Å²) >= 11 is 1.30. The summed E-state index contributed by atoms with van der Waals surface area (Å²) in [6, 6.07) is 37.5. The molecule has 1 atom stereocenters. The van der Waals surface area contributed by atoms with E-state index in [-0.39, 0.29) is 46.5 Å². The molecule has 4 aromatic rings. The van der Waals surface area contributed by atoms with Crippen LogP contribution >= 0.6 is 24.8 Å². The van der Waals surface area contributed by atoms with E-state index in [4.69, 9.17) is 0 Å². The monoisotopic (exact) mass is 854 g/mol. The van der Waals surface area contributed by atoms with Crippen LogP contribution in [0.5, 0.6) is 0 Å². The Kier molecular flexibility index (Phi) is 21.6. The Balaban J connectivity index is 0.000000735. The normalized spacial score (nSPS) is 14.1. The number of halogens is 2. The van der Waals surface area contributed by atoms with Gasteiger partial charge in [-0.25, -0.2) is 5.57 Å². The maximum absolute atomic E-state index is 3.67. The van der Waals surface area contributed by atoms with Gasteiger partial charge in [0.05, 0.1) is 0 Å². The molecule has 55 heavy (non-hydrogen) atoms. The van der Waals surface area contributed by atoms with E-state index >= 15 is 0 Å². The Labute approximate surface area is 366 Å². The van der Waals surface area contributed by atoms with Gasteiger partial charge in [0.15, 0.2) is 0 Å². The molecule has 1 unspecified atom stereocenters. The van der Waals surface area contributed by atoms with Crippen LogP contribution in [0.25, 0.3) is 11.1 Å². The molecule has 0 saturated carbocycles. The molecule has 0 aliphatic heterocycles. The quantitative estimate of drug-likeness (QED) is 0.147. The molecule has 0 radical (unpaired) electrons. The van der Waals surface area contributed by atoms with Crippen LogP contribution in [0, 0.1) is 36.1 Å². The summed E-state index contributed by atoms with van der Waals surface area (Å²) < 4.78 is 3.34. The molecule has 2 aliphatic carbocycles. The van der Waals surface area contributed by atoms with E-state index in [0.717, 1.165) is 6.42 Å². The molecule has 0 fully saturated rings. The van der Waals surface area contributed by atoms with Gasteiger partial charge in [0.1, 0.15) is 0 Å². The predicted octanol–water partition coefficient (Wildman–Crippen LogP) is 15.0. The summed E-state index contributed by atoms with van der Waals surface area (Å²) in [5.41, 5.74) is 14.8. The molecule has 0 aromatic heterocycles. The van der Waals surface area contributed by atoms with Crippen molar-refractivity contribution in [3.05, 3.63) is 154 Å². The van der Waals surface area contributed by atoms with E-state index in [1.807, 2.05) is 24.3 Å². The van der Waals surface area contributed by atoms with Crippen molar-refractivity contribution in [2.75, 3.05) is 0 Å². The van der Waals surface area contributed by atoms with E-state index in [1.54, 1.807) is 0 Å². The van der Waals surface area contributed by atoms with Crippen LogP contribution < -0.4 is 0 Å². The SMILES string of the molecule is CC(C)(C)c1[c-]c2c(cc1)-c1ccc(C(C)(C)C)cc1C2.CC(C)(C)c1cc[c-]cc1.CC(C)(C)c1cc[c-]cc1.CC1=[C-]C(C)C=C1C(C)C.Cl.Cl.[CH2]=[Zr]. The second kappa shape index (κ2) is 22.6. The first-order valence-electron chi connectivity index (χ1n) is 19.3. The average molecular weight is 857 g/mol. The van der Waals surface area contributed by atoms with Crippen molar-refractivity contribution in [2.24, 2.45) is 11.8 Å². The van der Waals surface area contributed by atoms with Gasteiger partial charge in [-0.3, -0.25) is 6.08 Å². The Morgan fingerprint density at radius 1 is 0.618 bits per heavy atom. The zero-order chi connectivity index (χ0) is 40.4. The van der Waals surface area contributed by atoms with Crippen molar-refractivity contribution in [1.82, 2.24) is 0 Å². The van der Waals surface area contributed by atoms with Crippen LogP contribution in [0.15, 0.2) is 96.1 Å². The van der Waals surface area contributed by atoms with E-state index in [1.165, 1.54) is 79.9 Å². The minimum atomic E-state index is 0. The number of hydrogen-bond donors (Lipinski definition) is 0. The van der Waals surface area contributed by atoms with Crippen molar-refractivity contribution < 1.29 is 24.2 Å². The molecule has 0 amide bonds. The molecule has 2 aliphatic rings. The molecular weight excluding hydrogens is 787 g/mol. The van der Waals surface area contributed by atoms with Crippen molar-refractivity contribution in [1.29, 1.82) is 0 Å².